The first-order chi connectivity index (χ1) is 20.8. The third kappa shape index (κ3) is 15.7. The molecule has 1 atom stereocenters. The van der Waals surface area contributed by atoms with Crippen LogP contribution in [0.15, 0.2) is 152 Å². The van der Waals surface area contributed by atoms with Gasteiger partial charge in [-0.1, -0.05) is 95.6 Å². The van der Waals surface area contributed by atoms with E-state index in [1.54, 1.807) is 72.8 Å². The minimum absolute atomic E-state index is 0.479. The lowest BCUT2D eigenvalue weighted by Gasteiger charge is -1.92. The van der Waals surface area contributed by atoms with Gasteiger partial charge in [-0.05, 0) is 65.2 Å². The predicted octanol–water partition coefficient (Wildman–Crippen LogP) is 6.94. The Morgan fingerprint density at radius 2 is 0.651 bits per heavy atom. The van der Waals surface area contributed by atoms with Crippen molar-refractivity contribution in [3.05, 3.63) is 152 Å². The maximum absolute atomic E-state index is 12.0. The molecule has 5 aromatic carbocycles. The van der Waals surface area contributed by atoms with Crippen LogP contribution in [0.2, 0.25) is 0 Å². The van der Waals surface area contributed by atoms with E-state index in [1.807, 2.05) is 78.9 Å². The van der Waals surface area contributed by atoms with Gasteiger partial charge in [-0.3, -0.25) is 0 Å². The van der Waals surface area contributed by atoms with E-state index < -0.39 is 32.3 Å². The van der Waals surface area contributed by atoms with Crippen LogP contribution in [0.25, 0.3) is 0 Å². The van der Waals surface area contributed by atoms with Crippen molar-refractivity contribution in [2.45, 2.75) is 0 Å². The fourth-order valence-electron chi connectivity index (χ4n) is 2.98. The largest absolute Gasteiger partial charge is 0.805 e. The van der Waals surface area contributed by atoms with Crippen LogP contribution in [0.1, 0.15) is 0 Å². The second-order valence-corrected chi connectivity index (χ2v) is 11.9. The topological polar surface area (TPSA) is 147 Å². The molecule has 0 saturated heterocycles. The Bertz CT molecular complexity index is 1450. The average molecular weight is 656 g/mol. The summed E-state index contributed by atoms with van der Waals surface area (Å²) < 4.78 is 52.7. The summed E-state index contributed by atoms with van der Waals surface area (Å²) in [7, 11) is -8.62. The smallest absolute Gasteiger partial charge is 0.222 e. The Morgan fingerprint density at radius 1 is 0.395 bits per heavy atom. The van der Waals surface area contributed by atoms with Crippen LogP contribution in [0, 0.1) is 0 Å². The molecular formula is C30H28O9P4+4. The van der Waals surface area contributed by atoms with Gasteiger partial charge in [0, 0.05) is 9.13 Å². The summed E-state index contributed by atoms with van der Waals surface area (Å²) in [5, 5.41) is 2.25. The van der Waals surface area contributed by atoms with Crippen LogP contribution in [-0.2, 0) is 18.3 Å². The highest BCUT2D eigenvalue weighted by Crippen LogP contribution is 2.29. The highest BCUT2D eigenvalue weighted by atomic mass is 31.1. The molecule has 3 N–H and O–H groups in total. The summed E-state index contributed by atoms with van der Waals surface area (Å²) in [6.07, 6.45) is 0. The molecule has 0 spiro atoms. The van der Waals surface area contributed by atoms with Crippen molar-refractivity contribution in [3.63, 3.8) is 0 Å². The fourth-order valence-corrected chi connectivity index (χ4v) is 5.22. The molecule has 0 aliphatic rings. The summed E-state index contributed by atoms with van der Waals surface area (Å²) in [5.74, 6) is 1.05. The Morgan fingerprint density at radius 3 is 0.907 bits per heavy atom. The summed E-state index contributed by atoms with van der Waals surface area (Å²) >= 11 is 0. The fraction of sp³-hybridized carbons (Fsp3) is 0. The van der Waals surface area contributed by atoms with E-state index in [2.05, 4.69) is 0 Å². The molecule has 0 heterocycles. The van der Waals surface area contributed by atoms with Crippen LogP contribution in [-0.4, -0.2) is 14.7 Å². The van der Waals surface area contributed by atoms with E-state index in [0.717, 1.165) is 10.6 Å². The third-order valence-corrected chi connectivity index (χ3v) is 7.80. The Labute approximate surface area is 253 Å². The highest BCUT2D eigenvalue weighted by molar-refractivity contribution is 7.61. The van der Waals surface area contributed by atoms with E-state index >= 15 is 0 Å². The van der Waals surface area contributed by atoms with Gasteiger partial charge in [0.1, 0.15) is 0 Å². The van der Waals surface area contributed by atoms with Crippen LogP contribution in [0.3, 0.4) is 0 Å². The second-order valence-electron chi connectivity index (χ2n) is 7.86. The zero-order valence-electron chi connectivity index (χ0n) is 22.5. The lowest BCUT2D eigenvalue weighted by Crippen LogP contribution is -2.04. The first-order valence-corrected chi connectivity index (χ1v) is 17.1. The highest BCUT2D eigenvalue weighted by Gasteiger charge is 2.23. The van der Waals surface area contributed by atoms with Gasteiger partial charge in [-0.2, -0.15) is 4.89 Å². The zero-order chi connectivity index (χ0) is 31.3. The van der Waals surface area contributed by atoms with Crippen molar-refractivity contribution in [1.82, 2.24) is 0 Å². The quantitative estimate of drug-likeness (QED) is 0.159. The molecular weight excluding hydrogens is 628 g/mol. The number of hydrogen-bond acceptors (Lipinski definition) is 6. The predicted molar refractivity (Wildman–Crippen MR) is 169 cm³/mol. The number of rotatable bonds is 7. The number of hydrogen-bond donors (Lipinski definition) is 3. The van der Waals surface area contributed by atoms with Gasteiger partial charge >= 0.3 is 32.3 Å². The molecule has 43 heavy (non-hydrogen) atoms. The van der Waals surface area contributed by atoms with Gasteiger partial charge in [-0.15, -0.1) is 9.79 Å². The maximum atomic E-state index is 12.0. The molecule has 1 unspecified atom stereocenters. The summed E-state index contributed by atoms with van der Waals surface area (Å²) in [6, 6.07) is 45.4. The normalized spacial score (nSPS) is 9.60. The summed E-state index contributed by atoms with van der Waals surface area (Å²) in [5.41, 5.74) is 0. The summed E-state index contributed by atoms with van der Waals surface area (Å²) in [6.45, 7) is 0. The zero-order valence-corrected chi connectivity index (χ0v) is 26.1. The molecule has 0 aliphatic heterocycles. The average Bonchev–Trinajstić information content (AvgIpc) is 3.03. The van der Waals surface area contributed by atoms with Gasteiger partial charge in [0.25, 0.3) is 0 Å². The van der Waals surface area contributed by atoms with E-state index in [9.17, 15) is 13.7 Å². The Hall–Kier alpha value is -4.02. The number of para-hydroxylation sites is 2. The van der Waals surface area contributed by atoms with Gasteiger partial charge in [0.05, 0.1) is 0 Å². The van der Waals surface area contributed by atoms with E-state index in [4.69, 9.17) is 28.3 Å². The van der Waals surface area contributed by atoms with E-state index in [0.29, 0.717) is 16.8 Å². The molecule has 5 aromatic rings. The third-order valence-electron chi connectivity index (χ3n) is 4.80. The molecule has 0 radical (unpaired) electrons. The standard InChI is InChI=1S/C12H10O3P.C12H10OP.C6H5O2P.HO3P/c13-16(14-11-7-3-1-4-8-11)15-12-9-5-2-6-10-12;13-14(11-7-3-1-4-8-11)12-9-5-2-6-10-12;7-9(8)6-4-2-1-3-5-6;1-4(2)3/h1-10H;1-10H;1-5H;(H-,1,2,3)/q2*+1;;/p+2. The first-order valence-electron chi connectivity index (χ1n) is 12.3. The molecule has 5 rings (SSSR count). The van der Waals surface area contributed by atoms with Crippen LogP contribution >= 0.6 is 32.3 Å². The lowest BCUT2D eigenvalue weighted by molar-refractivity contribution is 0.405. The van der Waals surface area contributed by atoms with Crippen molar-refractivity contribution in [2.24, 2.45) is 0 Å². The molecule has 0 saturated carbocycles. The summed E-state index contributed by atoms with van der Waals surface area (Å²) in [4.78, 5) is 22.8. The van der Waals surface area contributed by atoms with Gasteiger partial charge in [-0.25, -0.2) is 9.05 Å². The molecule has 0 aliphatic carbocycles. The molecule has 9 nitrogen and oxygen atoms in total. The van der Waals surface area contributed by atoms with Crippen molar-refractivity contribution >= 4 is 48.3 Å². The van der Waals surface area contributed by atoms with Crippen molar-refractivity contribution in [1.29, 1.82) is 0 Å². The second kappa shape index (κ2) is 20.8. The van der Waals surface area contributed by atoms with Gasteiger partial charge in [0.2, 0.25) is 5.30 Å². The SMILES string of the molecule is O=[P+](O)O.O=[P+](O)c1ccccc1.O=[P+](Oc1ccccc1)Oc1ccccc1.O=[P+](c1ccccc1)c1ccccc1. The monoisotopic (exact) mass is 656 g/mol. The van der Waals surface area contributed by atoms with Gasteiger partial charge < -0.3 is 0 Å². The molecule has 218 valence electrons. The number of benzene rings is 5. The molecule has 0 fully saturated rings. The maximum Gasteiger partial charge on any atom is 0.805 e. The van der Waals surface area contributed by atoms with Gasteiger partial charge in [0.15, 0.2) is 22.1 Å². The minimum atomic E-state index is -2.87. The molecule has 0 bridgehead atoms. The Balaban J connectivity index is 0.000000218. The van der Waals surface area contributed by atoms with E-state index in [1.165, 1.54) is 0 Å². The van der Waals surface area contributed by atoms with Crippen LogP contribution < -0.4 is 25.0 Å². The lowest BCUT2D eigenvalue weighted by atomic mass is 10.3. The van der Waals surface area contributed by atoms with Crippen LogP contribution in [0.5, 0.6) is 11.5 Å². The van der Waals surface area contributed by atoms with Crippen LogP contribution in [0.4, 0.5) is 0 Å². The van der Waals surface area contributed by atoms with Crippen molar-refractivity contribution in [2.75, 3.05) is 0 Å². The molecule has 0 amide bonds. The first kappa shape index (κ1) is 35.2. The van der Waals surface area contributed by atoms with E-state index in [-0.39, 0.29) is 0 Å². The Kier molecular flexibility index (Phi) is 17.0. The molecule has 0 aromatic heterocycles. The van der Waals surface area contributed by atoms with Crippen molar-refractivity contribution in [3.8, 4) is 11.5 Å². The van der Waals surface area contributed by atoms with Crippen molar-refractivity contribution < 1.29 is 42.0 Å². The minimum Gasteiger partial charge on any atom is -0.222 e. The molecule has 13 heteroatoms.